The fourth-order valence-electron chi connectivity index (χ4n) is 2.18. The van der Waals surface area contributed by atoms with Crippen LogP contribution in [0.25, 0.3) is 0 Å². The Morgan fingerprint density at radius 2 is 1.15 bits per heavy atom. The van der Waals surface area contributed by atoms with Crippen molar-refractivity contribution in [2.24, 2.45) is 0 Å². The van der Waals surface area contributed by atoms with Crippen molar-refractivity contribution in [1.82, 2.24) is 0 Å². The number of hydrogen-bond acceptors (Lipinski definition) is 4. The van der Waals surface area contributed by atoms with E-state index in [0.29, 0.717) is 36.1 Å². The lowest BCUT2D eigenvalue weighted by Crippen LogP contribution is -2.08. The first-order valence-electron chi connectivity index (χ1n) is 8.20. The highest BCUT2D eigenvalue weighted by Gasteiger charge is 2.04. The van der Waals surface area contributed by atoms with Crippen LogP contribution >= 0.6 is 0 Å². The molecule has 6 heteroatoms. The van der Waals surface area contributed by atoms with E-state index < -0.39 is 0 Å². The van der Waals surface area contributed by atoms with Crippen LogP contribution in [0.1, 0.15) is 13.8 Å². The average Bonchev–Trinajstić information content (AvgIpc) is 2.59. The smallest absolute Gasteiger partial charge is 0.221 e. The number of nitrogens with one attached hydrogen (secondary N) is 2. The van der Waals surface area contributed by atoms with Gasteiger partial charge in [0.05, 0.1) is 11.4 Å². The summed E-state index contributed by atoms with van der Waals surface area (Å²) in [6.45, 7) is 3.58. The van der Waals surface area contributed by atoms with Gasteiger partial charge in [-0.3, -0.25) is 9.59 Å². The van der Waals surface area contributed by atoms with Crippen molar-refractivity contribution in [3.8, 4) is 11.5 Å². The minimum Gasteiger partial charge on any atom is -0.487 e. The van der Waals surface area contributed by atoms with Gasteiger partial charge in [-0.25, -0.2) is 0 Å². The molecule has 2 aromatic rings. The molecule has 136 valence electrons. The Morgan fingerprint density at radius 3 is 1.54 bits per heavy atom. The molecule has 0 atom stereocenters. The van der Waals surface area contributed by atoms with Crippen LogP contribution < -0.4 is 20.1 Å². The summed E-state index contributed by atoms with van der Waals surface area (Å²) in [5, 5.41) is 5.44. The molecule has 0 bridgehead atoms. The van der Waals surface area contributed by atoms with Gasteiger partial charge in [-0.15, -0.1) is 0 Å². The summed E-state index contributed by atoms with van der Waals surface area (Å²) in [4.78, 5) is 22.4. The van der Waals surface area contributed by atoms with E-state index in [-0.39, 0.29) is 11.8 Å². The number of anilines is 2. The molecule has 0 aliphatic heterocycles. The molecule has 0 fully saturated rings. The zero-order valence-electron chi connectivity index (χ0n) is 14.8. The topological polar surface area (TPSA) is 76.7 Å². The Morgan fingerprint density at radius 1 is 0.769 bits per heavy atom. The van der Waals surface area contributed by atoms with Gasteiger partial charge in [0.25, 0.3) is 0 Å². The third-order valence-electron chi connectivity index (χ3n) is 3.23. The maximum Gasteiger partial charge on any atom is 0.221 e. The number of benzene rings is 2. The van der Waals surface area contributed by atoms with Crippen molar-refractivity contribution in [3.63, 3.8) is 0 Å². The standard InChI is InChI=1S/C20H22N2O4/c1-15(23)21-17-9-3-5-11-19(17)25-13-7-8-14-26-20-12-6-4-10-18(20)22-16(2)24/h3-12H,13-14H2,1-2H3,(H,21,23)(H,22,24). The van der Waals surface area contributed by atoms with E-state index >= 15 is 0 Å². The molecule has 0 saturated heterocycles. The Bertz CT molecular complexity index is 721. The lowest BCUT2D eigenvalue weighted by atomic mass is 10.3. The number of hydrogen-bond donors (Lipinski definition) is 2. The van der Waals surface area contributed by atoms with Gasteiger partial charge < -0.3 is 20.1 Å². The van der Waals surface area contributed by atoms with Crippen LogP contribution in [0, 0.1) is 0 Å². The molecular formula is C20H22N2O4. The van der Waals surface area contributed by atoms with E-state index in [0.717, 1.165) is 0 Å². The molecular weight excluding hydrogens is 332 g/mol. The molecule has 0 spiro atoms. The van der Waals surface area contributed by atoms with Crippen molar-refractivity contribution in [3.05, 3.63) is 60.7 Å². The lowest BCUT2D eigenvalue weighted by Gasteiger charge is -2.10. The van der Waals surface area contributed by atoms with Crippen molar-refractivity contribution < 1.29 is 19.1 Å². The van der Waals surface area contributed by atoms with E-state index in [1.807, 2.05) is 36.4 Å². The van der Waals surface area contributed by atoms with Crippen LogP contribution in [0.5, 0.6) is 11.5 Å². The third-order valence-corrected chi connectivity index (χ3v) is 3.23. The van der Waals surface area contributed by atoms with Crippen molar-refractivity contribution >= 4 is 23.2 Å². The molecule has 2 aromatic carbocycles. The lowest BCUT2D eigenvalue weighted by molar-refractivity contribution is -0.115. The predicted molar refractivity (Wildman–Crippen MR) is 102 cm³/mol. The zero-order valence-corrected chi connectivity index (χ0v) is 14.8. The van der Waals surface area contributed by atoms with Gasteiger partial charge in [-0.05, 0) is 36.4 Å². The highest BCUT2D eigenvalue weighted by molar-refractivity contribution is 5.90. The Labute approximate surface area is 152 Å². The molecule has 0 aliphatic rings. The summed E-state index contributed by atoms with van der Waals surface area (Å²) in [7, 11) is 0. The highest BCUT2D eigenvalue weighted by Crippen LogP contribution is 2.24. The van der Waals surface area contributed by atoms with E-state index in [1.165, 1.54) is 13.8 Å². The van der Waals surface area contributed by atoms with Gasteiger partial charge in [0.15, 0.2) is 0 Å². The first-order valence-corrected chi connectivity index (χ1v) is 8.20. The summed E-state index contributed by atoms with van der Waals surface area (Å²) < 4.78 is 11.3. The fourth-order valence-corrected chi connectivity index (χ4v) is 2.18. The first-order chi connectivity index (χ1) is 12.6. The van der Waals surface area contributed by atoms with Crippen molar-refractivity contribution in [2.45, 2.75) is 13.8 Å². The third kappa shape index (κ3) is 6.32. The Hall–Kier alpha value is -3.28. The monoisotopic (exact) mass is 354 g/mol. The van der Waals surface area contributed by atoms with Gasteiger partial charge >= 0.3 is 0 Å². The second-order valence-electron chi connectivity index (χ2n) is 5.45. The minimum atomic E-state index is -0.150. The van der Waals surface area contributed by atoms with E-state index in [2.05, 4.69) is 10.6 Å². The van der Waals surface area contributed by atoms with Crippen molar-refractivity contribution in [1.29, 1.82) is 0 Å². The van der Waals surface area contributed by atoms with E-state index in [4.69, 9.17) is 9.47 Å². The van der Waals surface area contributed by atoms with Crippen LogP contribution in [-0.4, -0.2) is 25.0 Å². The van der Waals surface area contributed by atoms with Gasteiger partial charge in [0.2, 0.25) is 11.8 Å². The molecule has 2 amide bonds. The van der Waals surface area contributed by atoms with Crippen LogP contribution in [0.3, 0.4) is 0 Å². The summed E-state index contributed by atoms with van der Waals surface area (Å²) >= 11 is 0. The van der Waals surface area contributed by atoms with Crippen LogP contribution in [0.4, 0.5) is 11.4 Å². The number of para-hydroxylation sites is 4. The predicted octanol–water partition coefficient (Wildman–Crippen LogP) is 3.62. The minimum absolute atomic E-state index is 0.150. The average molecular weight is 354 g/mol. The molecule has 0 unspecified atom stereocenters. The molecule has 26 heavy (non-hydrogen) atoms. The van der Waals surface area contributed by atoms with Crippen LogP contribution in [0.2, 0.25) is 0 Å². The SMILES string of the molecule is CC(=O)Nc1ccccc1OCC=CCOc1ccccc1NC(C)=O. The largest absolute Gasteiger partial charge is 0.487 e. The summed E-state index contributed by atoms with van der Waals surface area (Å²) in [5.74, 6) is 0.902. The molecule has 6 nitrogen and oxygen atoms in total. The van der Waals surface area contributed by atoms with Gasteiger partial charge in [0, 0.05) is 13.8 Å². The number of amides is 2. The molecule has 0 aromatic heterocycles. The molecule has 0 radical (unpaired) electrons. The Balaban J connectivity index is 1.82. The second-order valence-corrected chi connectivity index (χ2v) is 5.45. The normalized spacial score (nSPS) is 10.4. The summed E-state index contributed by atoms with van der Waals surface area (Å²) in [6.07, 6.45) is 3.65. The Kier molecular flexibility index (Phi) is 7.24. The number of carbonyl (C=O) groups excluding carboxylic acids is 2. The molecule has 0 heterocycles. The maximum absolute atomic E-state index is 11.2. The summed E-state index contributed by atoms with van der Waals surface area (Å²) in [6, 6.07) is 14.5. The quantitative estimate of drug-likeness (QED) is 0.710. The molecule has 0 saturated carbocycles. The fraction of sp³-hybridized carbons (Fsp3) is 0.200. The highest BCUT2D eigenvalue weighted by atomic mass is 16.5. The van der Waals surface area contributed by atoms with Gasteiger partial charge in [0.1, 0.15) is 24.7 Å². The summed E-state index contributed by atoms with van der Waals surface area (Å²) in [5.41, 5.74) is 1.27. The van der Waals surface area contributed by atoms with E-state index in [1.54, 1.807) is 24.3 Å². The molecule has 0 aliphatic carbocycles. The zero-order chi connectivity index (χ0) is 18.8. The van der Waals surface area contributed by atoms with Crippen LogP contribution in [-0.2, 0) is 9.59 Å². The molecule has 2 rings (SSSR count). The van der Waals surface area contributed by atoms with Gasteiger partial charge in [-0.2, -0.15) is 0 Å². The maximum atomic E-state index is 11.2. The first kappa shape index (κ1) is 19.1. The van der Waals surface area contributed by atoms with E-state index in [9.17, 15) is 9.59 Å². The molecule has 2 N–H and O–H groups in total. The number of ether oxygens (including phenoxy) is 2. The van der Waals surface area contributed by atoms with Gasteiger partial charge in [-0.1, -0.05) is 24.3 Å². The van der Waals surface area contributed by atoms with Crippen LogP contribution in [0.15, 0.2) is 60.7 Å². The number of carbonyl (C=O) groups is 2. The number of rotatable bonds is 8. The second kappa shape index (κ2) is 9.88. The van der Waals surface area contributed by atoms with Crippen molar-refractivity contribution in [2.75, 3.05) is 23.8 Å².